The molecular formula is C14H10ClFN4O2S. The number of hydrogen-bond donors (Lipinski definition) is 2. The summed E-state index contributed by atoms with van der Waals surface area (Å²) in [5.41, 5.74) is 3.43. The van der Waals surface area contributed by atoms with Crippen LogP contribution in [0.2, 0.25) is 5.02 Å². The van der Waals surface area contributed by atoms with Crippen LogP contribution in [0, 0.1) is 15.9 Å². The van der Waals surface area contributed by atoms with Gasteiger partial charge in [0.15, 0.2) is 5.11 Å². The molecule has 0 saturated heterocycles. The summed E-state index contributed by atoms with van der Waals surface area (Å²) in [4.78, 5) is 10.2. The van der Waals surface area contributed by atoms with E-state index in [-0.39, 0.29) is 21.6 Å². The van der Waals surface area contributed by atoms with Crippen molar-refractivity contribution < 1.29 is 9.31 Å². The van der Waals surface area contributed by atoms with Crippen LogP contribution in [0.15, 0.2) is 47.6 Å². The van der Waals surface area contributed by atoms with Crippen molar-refractivity contribution >= 4 is 46.5 Å². The van der Waals surface area contributed by atoms with Crippen LogP contribution in [-0.4, -0.2) is 16.3 Å². The van der Waals surface area contributed by atoms with Crippen molar-refractivity contribution in [3.8, 4) is 0 Å². The molecule has 0 bridgehead atoms. The Morgan fingerprint density at radius 2 is 2.00 bits per heavy atom. The first-order chi connectivity index (χ1) is 11.0. The van der Waals surface area contributed by atoms with E-state index in [1.807, 2.05) is 0 Å². The Kier molecular flexibility index (Phi) is 5.56. The number of benzene rings is 2. The van der Waals surface area contributed by atoms with Crippen molar-refractivity contribution in [2.75, 3.05) is 5.32 Å². The minimum atomic E-state index is -0.576. The average molecular weight is 353 g/mol. The highest BCUT2D eigenvalue weighted by Crippen LogP contribution is 2.24. The number of nitro benzene ring substituents is 1. The second-order valence-corrected chi connectivity index (χ2v) is 5.11. The topological polar surface area (TPSA) is 79.6 Å². The van der Waals surface area contributed by atoms with Crippen LogP contribution in [0.3, 0.4) is 0 Å². The number of nitrogens with zero attached hydrogens (tertiary/aromatic N) is 2. The lowest BCUT2D eigenvalue weighted by Gasteiger charge is -2.06. The van der Waals surface area contributed by atoms with Gasteiger partial charge >= 0.3 is 0 Å². The molecule has 23 heavy (non-hydrogen) atoms. The number of nitro groups is 1. The summed E-state index contributed by atoms with van der Waals surface area (Å²) in [6.07, 6.45) is 1.36. The molecule has 0 heterocycles. The van der Waals surface area contributed by atoms with Crippen LogP contribution in [-0.2, 0) is 0 Å². The highest BCUT2D eigenvalue weighted by atomic mass is 35.5. The van der Waals surface area contributed by atoms with Gasteiger partial charge in [0.25, 0.3) is 5.69 Å². The lowest BCUT2D eigenvalue weighted by atomic mass is 10.2. The average Bonchev–Trinajstić information content (AvgIpc) is 2.51. The van der Waals surface area contributed by atoms with Crippen molar-refractivity contribution in [3.05, 3.63) is 69.0 Å². The molecule has 9 heteroatoms. The number of halogens is 2. The van der Waals surface area contributed by atoms with E-state index < -0.39 is 4.92 Å². The Hall–Kier alpha value is -2.58. The second-order valence-electron chi connectivity index (χ2n) is 4.30. The van der Waals surface area contributed by atoms with Crippen molar-refractivity contribution in [1.29, 1.82) is 0 Å². The van der Waals surface area contributed by atoms with E-state index in [9.17, 15) is 14.5 Å². The minimum absolute atomic E-state index is 0.0496. The van der Waals surface area contributed by atoms with Gasteiger partial charge in [-0.15, -0.1) is 0 Å². The van der Waals surface area contributed by atoms with E-state index >= 15 is 0 Å². The van der Waals surface area contributed by atoms with E-state index in [2.05, 4.69) is 15.8 Å². The zero-order chi connectivity index (χ0) is 16.8. The lowest BCUT2D eigenvalue weighted by molar-refractivity contribution is -0.384. The standard InChI is InChI=1S/C14H10ClFN4O2S/c15-12-6-1-9(7-13(12)20(21)22)8-17-19-14(23)18-11-4-2-10(16)3-5-11/h1-8H,(H2,18,19,23). The molecule has 0 unspecified atom stereocenters. The van der Waals surface area contributed by atoms with Crippen molar-refractivity contribution in [3.63, 3.8) is 0 Å². The molecule has 2 aromatic carbocycles. The third kappa shape index (κ3) is 4.97. The van der Waals surface area contributed by atoms with Crippen molar-refractivity contribution in [1.82, 2.24) is 5.43 Å². The van der Waals surface area contributed by atoms with Crippen molar-refractivity contribution in [2.24, 2.45) is 5.10 Å². The monoisotopic (exact) mass is 352 g/mol. The summed E-state index contributed by atoms with van der Waals surface area (Å²) in [6.45, 7) is 0. The predicted molar refractivity (Wildman–Crippen MR) is 91.5 cm³/mol. The van der Waals surface area contributed by atoms with Crippen molar-refractivity contribution in [2.45, 2.75) is 0 Å². The van der Waals surface area contributed by atoms with Gasteiger partial charge in [-0.25, -0.2) is 4.39 Å². The number of rotatable bonds is 4. The molecule has 2 rings (SSSR count). The molecule has 0 amide bonds. The molecule has 0 aliphatic rings. The Morgan fingerprint density at radius 3 is 2.65 bits per heavy atom. The number of nitrogens with one attached hydrogen (secondary N) is 2. The van der Waals surface area contributed by atoms with Gasteiger partial charge in [-0.1, -0.05) is 17.7 Å². The lowest BCUT2D eigenvalue weighted by Crippen LogP contribution is -2.23. The Bertz CT molecular complexity index is 768. The fourth-order valence-corrected chi connectivity index (χ4v) is 1.96. The van der Waals surface area contributed by atoms with Crippen LogP contribution < -0.4 is 10.7 Å². The van der Waals surface area contributed by atoms with E-state index in [4.69, 9.17) is 23.8 Å². The molecular weight excluding hydrogens is 343 g/mol. The summed E-state index contributed by atoms with van der Waals surface area (Å²) in [5.74, 6) is -0.350. The fourth-order valence-electron chi connectivity index (χ4n) is 1.61. The molecule has 0 aromatic heterocycles. The molecule has 0 aliphatic heterocycles. The van der Waals surface area contributed by atoms with Gasteiger partial charge in [0.2, 0.25) is 0 Å². The normalized spacial score (nSPS) is 10.5. The Labute approximate surface area is 141 Å². The zero-order valence-electron chi connectivity index (χ0n) is 11.5. The van der Waals surface area contributed by atoms with Crippen LogP contribution in [0.1, 0.15) is 5.56 Å². The number of thiocarbonyl (C=S) groups is 1. The summed E-state index contributed by atoms with van der Waals surface area (Å²) in [5, 5.41) is 17.7. The molecule has 0 aliphatic carbocycles. The second kappa shape index (κ2) is 7.61. The maximum Gasteiger partial charge on any atom is 0.288 e. The molecule has 0 fully saturated rings. The highest BCUT2D eigenvalue weighted by Gasteiger charge is 2.11. The Morgan fingerprint density at radius 1 is 1.30 bits per heavy atom. The van der Waals surface area contributed by atoms with Gasteiger partial charge in [-0.2, -0.15) is 5.10 Å². The molecule has 0 radical (unpaired) electrons. The first kappa shape index (κ1) is 16.8. The number of hydrogen-bond acceptors (Lipinski definition) is 4. The van der Waals surface area contributed by atoms with E-state index in [1.165, 1.54) is 42.6 Å². The largest absolute Gasteiger partial charge is 0.331 e. The molecule has 2 aromatic rings. The molecule has 0 spiro atoms. The van der Waals surface area contributed by atoms with Gasteiger partial charge in [0, 0.05) is 17.3 Å². The summed E-state index contributed by atoms with van der Waals surface area (Å²) in [6, 6.07) is 9.92. The summed E-state index contributed by atoms with van der Waals surface area (Å²) < 4.78 is 12.8. The van der Waals surface area contributed by atoms with Gasteiger partial charge in [-0.05, 0) is 42.5 Å². The van der Waals surface area contributed by atoms with Crippen LogP contribution >= 0.6 is 23.8 Å². The van der Waals surface area contributed by atoms with E-state index in [0.717, 1.165) is 0 Å². The van der Waals surface area contributed by atoms with Gasteiger partial charge in [0.1, 0.15) is 10.8 Å². The van der Waals surface area contributed by atoms with Crippen LogP contribution in [0.4, 0.5) is 15.8 Å². The zero-order valence-corrected chi connectivity index (χ0v) is 13.1. The molecule has 0 saturated carbocycles. The molecule has 2 N–H and O–H groups in total. The van der Waals surface area contributed by atoms with Crippen LogP contribution in [0.5, 0.6) is 0 Å². The minimum Gasteiger partial charge on any atom is -0.331 e. The smallest absolute Gasteiger partial charge is 0.288 e. The number of anilines is 1. The first-order valence-electron chi connectivity index (χ1n) is 6.25. The van der Waals surface area contributed by atoms with Crippen LogP contribution in [0.25, 0.3) is 0 Å². The van der Waals surface area contributed by atoms with Gasteiger partial charge in [0.05, 0.1) is 11.1 Å². The van der Waals surface area contributed by atoms with Gasteiger partial charge in [-0.3, -0.25) is 15.5 Å². The Balaban J connectivity index is 1.96. The molecule has 118 valence electrons. The fraction of sp³-hybridized carbons (Fsp3) is 0. The maximum atomic E-state index is 12.8. The third-order valence-corrected chi connectivity index (χ3v) is 3.16. The SMILES string of the molecule is O=[N+]([O-])c1cc(C=NNC(=S)Nc2ccc(F)cc2)ccc1Cl. The molecule has 0 atom stereocenters. The summed E-state index contributed by atoms with van der Waals surface area (Å²) >= 11 is 10.7. The summed E-state index contributed by atoms with van der Waals surface area (Å²) in [7, 11) is 0. The maximum absolute atomic E-state index is 12.8. The quantitative estimate of drug-likeness (QED) is 0.379. The first-order valence-corrected chi connectivity index (χ1v) is 7.04. The molecule has 6 nitrogen and oxygen atoms in total. The number of hydrazone groups is 1. The van der Waals surface area contributed by atoms with E-state index in [0.29, 0.717) is 11.3 Å². The van der Waals surface area contributed by atoms with E-state index in [1.54, 1.807) is 6.07 Å². The highest BCUT2D eigenvalue weighted by molar-refractivity contribution is 7.80. The van der Waals surface area contributed by atoms with Gasteiger partial charge < -0.3 is 5.32 Å². The predicted octanol–water partition coefficient (Wildman–Crippen LogP) is 3.71. The third-order valence-electron chi connectivity index (χ3n) is 2.65.